The van der Waals surface area contributed by atoms with Crippen molar-refractivity contribution < 1.29 is 14.3 Å². The third-order valence-corrected chi connectivity index (χ3v) is 7.08. The van der Waals surface area contributed by atoms with Crippen LogP contribution in [0.1, 0.15) is 65.5 Å². The van der Waals surface area contributed by atoms with Crippen molar-refractivity contribution in [3.63, 3.8) is 0 Å². The predicted octanol–water partition coefficient (Wildman–Crippen LogP) is 5.61. The van der Waals surface area contributed by atoms with Gasteiger partial charge in [-0.15, -0.1) is 23.1 Å². The van der Waals surface area contributed by atoms with Crippen molar-refractivity contribution in [3.8, 4) is 6.07 Å². The molecule has 174 valence electrons. The van der Waals surface area contributed by atoms with E-state index >= 15 is 0 Å². The Hall–Kier alpha value is -3.22. The summed E-state index contributed by atoms with van der Waals surface area (Å²) in [4.78, 5) is 35.8. The van der Waals surface area contributed by atoms with Gasteiger partial charge < -0.3 is 4.74 Å². The number of thiazole rings is 1. The van der Waals surface area contributed by atoms with E-state index in [9.17, 15) is 14.9 Å². The molecule has 1 aliphatic carbocycles. The number of ether oxygens (including phenoxy) is 1. The maximum atomic E-state index is 12.9. The number of rotatable bonds is 8. The van der Waals surface area contributed by atoms with E-state index in [2.05, 4.69) is 23.0 Å². The van der Waals surface area contributed by atoms with Crippen LogP contribution in [-0.2, 0) is 22.6 Å². The summed E-state index contributed by atoms with van der Waals surface area (Å²) in [5, 5.41) is 12.4. The smallest absolute Gasteiger partial charge is 0.340 e. The zero-order valence-corrected chi connectivity index (χ0v) is 20.8. The molecule has 0 spiro atoms. The topological polar surface area (TPSA) is 96.2 Å². The van der Waals surface area contributed by atoms with Crippen LogP contribution in [0.4, 0.5) is 10.8 Å². The standard InChI is InChI=1S/C25H24N4O3S2/c1-4-16-5-9-19(10-6-16)29(15(2)30)25-27-18(14-34-25)13-32-24(31)20-11-22(17-7-8-17)28-23(33-3)21(20)12-26/h5-6,9-11,14,17H,4,7-8,13H2,1-3H3. The number of amides is 1. The fourth-order valence-corrected chi connectivity index (χ4v) is 4.96. The van der Waals surface area contributed by atoms with E-state index in [1.54, 1.807) is 16.3 Å². The molecular formula is C25H24N4O3S2. The van der Waals surface area contributed by atoms with E-state index in [0.717, 1.165) is 30.6 Å². The molecule has 1 fully saturated rings. The lowest BCUT2D eigenvalue weighted by Crippen LogP contribution is -2.22. The van der Waals surface area contributed by atoms with E-state index in [0.29, 0.717) is 21.8 Å². The number of pyridine rings is 1. The molecule has 2 heterocycles. The fraction of sp³-hybridized carbons (Fsp3) is 0.320. The molecular weight excluding hydrogens is 468 g/mol. The van der Waals surface area contributed by atoms with Crippen molar-refractivity contribution >= 4 is 45.8 Å². The summed E-state index contributed by atoms with van der Waals surface area (Å²) in [6, 6.07) is 11.6. The largest absolute Gasteiger partial charge is 0.456 e. The molecule has 2 aromatic heterocycles. The van der Waals surface area contributed by atoms with E-state index in [1.165, 1.54) is 35.6 Å². The highest BCUT2D eigenvalue weighted by Crippen LogP contribution is 2.40. The van der Waals surface area contributed by atoms with Crippen molar-refractivity contribution in [2.75, 3.05) is 11.2 Å². The molecule has 9 heteroatoms. The van der Waals surface area contributed by atoms with Gasteiger partial charge in [-0.2, -0.15) is 5.26 Å². The second-order valence-corrected chi connectivity index (χ2v) is 9.57. The maximum absolute atomic E-state index is 12.9. The minimum absolute atomic E-state index is 0.0591. The Balaban J connectivity index is 1.51. The first-order valence-corrected chi connectivity index (χ1v) is 13.1. The van der Waals surface area contributed by atoms with E-state index in [-0.39, 0.29) is 23.6 Å². The molecule has 34 heavy (non-hydrogen) atoms. The molecule has 0 bridgehead atoms. The second-order valence-electron chi connectivity index (χ2n) is 7.94. The molecule has 0 radical (unpaired) electrons. The highest BCUT2D eigenvalue weighted by Gasteiger charge is 2.29. The fourth-order valence-electron chi connectivity index (χ4n) is 3.54. The molecule has 0 saturated heterocycles. The highest BCUT2D eigenvalue weighted by molar-refractivity contribution is 7.98. The van der Waals surface area contributed by atoms with Crippen molar-refractivity contribution in [1.29, 1.82) is 5.26 Å². The minimum Gasteiger partial charge on any atom is -0.456 e. The number of nitrogens with zero attached hydrogens (tertiary/aromatic N) is 4. The summed E-state index contributed by atoms with van der Waals surface area (Å²) in [7, 11) is 0. The monoisotopic (exact) mass is 492 g/mol. The van der Waals surface area contributed by atoms with E-state index in [1.807, 2.05) is 30.5 Å². The number of thioether (sulfide) groups is 1. The third-order valence-electron chi connectivity index (χ3n) is 5.53. The van der Waals surface area contributed by atoms with Crippen molar-refractivity contribution in [2.24, 2.45) is 0 Å². The van der Waals surface area contributed by atoms with Gasteiger partial charge in [0.25, 0.3) is 0 Å². The van der Waals surface area contributed by atoms with Crippen LogP contribution in [0.15, 0.2) is 40.7 Å². The number of aromatic nitrogens is 2. The first-order chi connectivity index (χ1) is 16.4. The molecule has 4 rings (SSSR count). The van der Waals surface area contributed by atoms with Gasteiger partial charge in [0, 0.05) is 23.9 Å². The van der Waals surface area contributed by atoms with Crippen LogP contribution in [0.3, 0.4) is 0 Å². The van der Waals surface area contributed by atoms with Crippen molar-refractivity contribution in [1.82, 2.24) is 9.97 Å². The minimum atomic E-state index is -0.579. The summed E-state index contributed by atoms with van der Waals surface area (Å²) in [5.74, 6) is -0.394. The Bertz CT molecular complexity index is 1260. The number of aryl methyl sites for hydroxylation is 1. The first-order valence-electron chi connectivity index (χ1n) is 10.9. The average molecular weight is 493 g/mol. The Morgan fingerprint density at radius 1 is 1.26 bits per heavy atom. The van der Waals surface area contributed by atoms with Crippen LogP contribution < -0.4 is 4.90 Å². The quantitative estimate of drug-likeness (QED) is 0.298. The SMILES string of the molecule is CCc1ccc(N(C(C)=O)c2nc(COC(=O)c3cc(C4CC4)nc(SC)c3C#N)cs2)cc1. The van der Waals surface area contributed by atoms with Crippen LogP contribution >= 0.6 is 23.1 Å². The van der Waals surface area contributed by atoms with Gasteiger partial charge in [0.15, 0.2) is 5.13 Å². The molecule has 0 unspecified atom stereocenters. The number of carbonyl (C=O) groups is 2. The third kappa shape index (κ3) is 5.13. The molecule has 0 atom stereocenters. The number of nitriles is 1. The van der Waals surface area contributed by atoms with Crippen LogP contribution in [0.25, 0.3) is 0 Å². The second kappa shape index (κ2) is 10.4. The number of hydrogen-bond acceptors (Lipinski definition) is 8. The van der Waals surface area contributed by atoms with Gasteiger partial charge in [0.1, 0.15) is 17.7 Å². The van der Waals surface area contributed by atoms with Gasteiger partial charge >= 0.3 is 5.97 Å². The molecule has 0 N–H and O–H groups in total. The van der Waals surface area contributed by atoms with Gasteiger partial charge in [0.2, 0.25) is 5.91 Å². The molecule has 1 aromatic carbocycles. The summed E-state index contributed by atoms with van der Waals surface area (Å²) in [6.07, 6.45) is 4.83. The summed E-state index contributed by atoms with van der Waals surface area (Å²) in [5.41, 5.74) is 3.75. The molecule has 1 amide bonds. The maximum Gasteiger partial charge on any atom is 0.340 e. The Kier molecular flexibility index (Phi) is 7.29. The summed E-state index contributed by atoms with van der Waals surface area (Å²) >= 11 is 2.65. The van der Waals surface area contributed by atoms with Gasteiger partial charge in [-0.3, -0.25) is 9.69 Å². The zero-order chi connectivity index (χ0) is 24.2. The normalized spacial score (nSPS) is 12.8. The lowest BCUT2D eigenvalue weighted by molar-refractivity contribution is -0.115. The number of hydrogen-bond donors (Lipinski definition) is 0. The molecule has 1 saturated carbocycles. The molecule has 3 aromatic rings. The Morgan fingerprint density at radius 2 is 2.00 bits per heavy atom. The highest BCUT2D eigenvalue weighted by atomic mass is 32.2. The van der Waals surface area contributed by atoms with E-state index in [4.69, 9.17) is 4.74 Å². The summed E-state index contributed by atoms with van der Waals surface area (Å²) in [6.45, 7) is 3.51. The molecule has 0 aliphatic heterocycles. The van der Waals surface area contributed by atoms with Crippen molar-refractivity contribution in [2.45, 2.75) is 50.7 Å². The Morgan fingerprint density at radius 3 is 2.59 bits per heavy atom. The lowest BCUT2D eigenvalue weighted by atomic mass is 10.1. The predicted molar refractivity (Wildman–Crippen MR) is 133 cm³/mol. The van der Waals surface area contributed by atoms with Crippen LogP contribution in [0.5, 0.6) is 0 Å². The number of esters is 1. The average Bonchev–Trinajstić information content (AvgIpc) is 3.61. The van der Waals surface area contributed by atoms with Gasteiger partial charge in [0.05, 0.1) is 22.5 Å². The van der Waals surface area contributed by atoms with Gasteiger partial charge in [-0.05, 0) is 49.3 Å². The van der Waals surface area contributed by atoms with Crippen molar-refractivity contribution in [3.05, 3.63) is 63.8 Å². The van der Waals surface area contributed by atoms with E-state index < -0.39 is 5.97 Å². The van der Waals surface area contributed by atoms with Gasteiger partial charge in [-0.1, -0.05) is 19.1 Å². The molecule has 1 aliphatic rings. The van der Waals surface area contributed by atoms with Crippen LogP contribution in [0, 0.1) is 11.3 Å². The number of benzene rings is 1. The number of anilines is 2. The zero-order valence-electron chi connectivity index (χ0n) is 19.2. The van der Waals surface area contributed by atoms with Crippen LogP contribution in [0.2, 0.25) is 0 Å². The molecule has 7 nitrogen and oxygen atoms in total. The van der Waals surface area contributed by atoms with Crippen LogP contribution in [-0.4, -0.2) is 28.1 Å². The van der Waals surface area contributed by atoms with Gasteiger partial charge in [-0.25, -0.2) is 14.8 Å². The number of carbonyl (C=O) groups excluding carboxylic acids is 2. The first kappa shape index (κ1) is 23.9. The Labute approximate surface area is 206 Å². The lowest BCUT2D eigenvalue weighted by Gasteiger charge is -2.18. The summed E-state index contributed by atoms with van der Waals surface area (Å²) < 4.78 is 5.51.